The Balaban J connectivity index is 1.56. The minimum absolute atomic E-state index is 0.00137. The molecule has 0 saturated carbocycles. The van der Waals surface area contributed by atoms with Gasteiger partial charge in [-0.25, -0.2) is 14.8 Å². The highest BCUT2D eigenvalue weighted by molar-refractivity contribution is 7.20. The first kappa shape index (κ1) is 21.8. The molecule has 1 aromatic carbocycles. The maximum absolute atomic E-state index is 12.3. The summed E-state index contributed by atoms with van der Waals surface area (Å²) in [6.45, 7) is 4.68. The summed E-state index contributed by atoms with van der Waals surface area (Å²) in [5, 5.41) is 22.3. The summed E-state index contributed by atoms with van der Waals surface area (Å²) in [7, 11) is 0. The summed E-state index contributed by atoms with van der Waals surface area (Å²) >= 11 is 7.50. The Morgan fingerprint density at radius 1 is 1.33 bits per heavy atom. The van der Waals surface area contributed by atoms with Crippen LogP contribution >= 0.6 is 22.9 Å². The van der Waals surface area contributed by atoms with Crippen LogP contribution in [0.25, 0.3) is 21.0 Å². The number of hydrogen-bond acceptors (Lipinski definition) is 10. The number of thiophene rings is 1. The van der Waals surface area contributed by atoms with Gasteiger partial charge < -0.3 is 20.5 Å². The van der Waals surface area contributed by atoms with Crippen molar-refractivity contribution in [1.29, 1.82) is 0 Å². The smallest absolute Gasteiger partial charge is 0.343 e. The molecule has 4 heterocycles. The molecule has 0 saturated heterocycles. The van der Waals surface area contributed by atoms with Gasteiger partial charge in [0.15, 0.2) is 5.82 Å². The van der Waals surface area contributed by atoms with Crippen molar-refractivity contribution >= 4 is 67.2 Å². The van der Waals surface area contributed by atoms with Crippen molar-refractivity contribution in [2.45, 2.75) is 26.1 Å². The van der Waals surface area contributed by atoms with E-state index >= 15 is 0 Å². The van der Waals surface area contributed by atoms with E-state index in [0.29, 0.717) is 12.4 Å². The first-order valence-corrected chi connectivity index (χ1v) is 11.6. The number of carbonyl (C=O) groups is 1. The number of halogens is 1. The number of fused-ring (bicyclic) bond motifs is 5. The zero-order chi connectivity index (χ0) is 23.1. The third-order valence-corrected chi connectivity index (χ3v) is 6.72. The number of aliphatic hydroxyl groups is 1. The number of rotatable bonds is 4. The molecular weight excluding hydrogens is 464 g/mol. The number of pyridine rings is 1. The average Bonchev–Trinajstić information content (AvgIpc) is 3.10. The Bertz CT molecular complexity index is 1380. The molecule has 0 bridgehead atoms. The van der Waals surface area contributed by atoms with Crippen LogP contribution in [0.1, 0.15) is 35.3 Å². The van der Waals surface area contributed by atoms with Crippen LogP contribution in [0.15, 0.2) is 30.5 Å². The lowest BCUT2D eigenvalue weighted by atomic mass is 10.1. The monoisotopic (exact) mass is 484 g/mol. The number of nitrogens with one attached hydrogen (secondary N) is 3. The molecule has 0 amide bonds. The van der Waals surface area contributed by atoms with Crippen LogP contribution in [0, 0.1) is 0 Å². The third kappa shape index (κ3) is 4.06. The molecule has 0 spiro atoms. The van der Waals surface area contributed by atoms with Gasteiger partial charge in [-0.05, 0) is 49.7 Å². The number of benzene rings is 1. The Morgan fingerprint density at radius 3 is 3.00 bits per heavy atom. The SMILES string of the molecule is CCOC(=O)c1cnc(Cl)nc1Nc1ccc2c(ccc3sc4c(c32)NC[C@@H](C)NC4O)n1. The normalized spacial score (nSPS) is 17.9. The number of esters is 1. The average molecular weight is 485 g/mol. The van der Waals surface area contributed by atoms with E-state index in [9.17, 15) is 9.90 Å². The quantitative estimate of drug-likeness (QED) is 0.249. The minimum atomic E-state index is -0.727. The standard InChI is InChI=1S/C22H21ClN6O3S/c1-3-32-21(31)12-9-25-22(23)29-19(12)28-15-7-4-11-13(27-15)5-6-14-16(11)17-18(33-14)20(30)26-10(2)8-24-17/h4-7,9-10,20,24,26,30H,3,8H2,1-2H3,(H,25,27,28,29)/t10-,20?/m1/s1. The molecule has 0 aliphatic carbocycles. The van der Waals surface area contributed by atoms with Crippen molar-refractivity contribution in [2.24, 2.45) is 0 Å². The number of ether oxygens (including phenoxy) is 1. The van der Waals surface area contributed by atoms with Gasteiger partial charge in [-0.2, -0.15) is 4.98 Å². The zero-order valence-corrected chi connectivity index (χ0v) is 19.4. The number of carbonyl (C=O) groups excluding carboxylic acids is 1. The molecule has 4 aromatic rings. The zero-order valence-electron chi connectivity index (χ0n) is 17.8. The van der Waals surface area contributed by atoms with E-state index in [4.69, 9.17) is 21.3 Å². The van der Waals surface area contributed by atoms with E-state index in [0.717, 1.165) is 31.6 Å². The van der Waals surface area contributed by atoms with Gasteiger partial charge in [0.2, 0.25) is 5.28 Å². The topological polar surface area (TPSA) is 121 Å². The van der Waals surface area contributed by atoms with Crippen LogP contribution in [0.3, 0.4) is 0 Å². The van der Waals surface area contributed by atoms with Gasteiger partial charge in [0, 0.05) is 34.3 Å². The molecule has 0 fully saturated rings. The minimum Gasteiger partial charge on any atom is -0.462 e. The van der Waals surface area contributed by atoms with E-state index in [1.54, 1.807) is 18.3 Å². The molecule has 1 unspecified atom stereocenters. The highest BCUT2D eigenvalue weighted by atomic mass is 35.5. The molecule has 1 aliphatic heterocycles. The predicted octanol–water partition coefficient (Wildman–Crippen LogP) is 4.21. The van der Waals surface area contributed by atoms with Crippen LogP contribution in [0.4, 0.5) is 17.3 Å². The van der Waals surface area contributed by atoms with Crippen LogP contribution < -0.4 is 16.0 Å². The molecule has 0 radical (unpaired) electrons. The van der Waals surface area contributed by atoms with Gasteiger partial charge in [-0.15, -0.1) is 11.3 Å². The number of anilines is 3. The lowest BCUT2D eigenvalue weighted by Crippen LogP contribution is -2.32. The Morgan fingerprint density at radius 2 is 2.18 bits per heavy atom. The second kappa shape index (κ2) is 8.71. The molecule has 33 heavy (non-hydrogen) atoms. The van der Waals surface area contributed by atoms with Crippen molar-refractivity contribution in [1.82, 2.24) is 20.3 Å². The Hall–Kier alpha value is -3.05. The molecule has 5 rings (SSSR count). The number of hydrogen-bond donors (Lipinski definition) is 4. The summed E-state index contributed by atoms with van der Waals surface area (Å²) in [5.41, 5.74) is 1.86. The van der Waals surface area contributed by atoms with Crippen molar-refractivity contribution in [3.05, 3.63) is 46.2 Å². The maximum atomic E-state index is 12.3. The van der Waals surface area contributed by atoms with Crippen molar-refractivity contribution < 1.29 is 14.6 Å². The van der Waals surface area contributed by atoms with Gasteiger partial charge in [-0.3, -0.25) is 5.32 Å². The third-order valence-electron chi connectivity index (χ3n) is 5.33. The van der Waals surface area contributed by atoms with Gasteiger partial charge >= 0.3 is 5.97 Å². The lowest BCUT2D eigenvalue weighted by Gasteiger charge is -2.13. The van der Waals surface area contributed by atoms with Crippen molar-refractivity contribution in [3.8, 4) is 0 Å². The summed E-state index contributed by atoms with van der Waals surface area (Å²) in [4.78, 5) is 25.9. The number of aliphatic hydroxyl groups excluding tert-OH is 1. The fourth-order valence-electron chi connectivity index (χ4n) is 3.85. The first-order chi connectivity index (χ1) is 15.9. The highest BCUT2D eigenvalue weighted by Gasteiger charge is 2.25. The van der Waals surface area contributed by atoms with Gasteiger partial charge in [-0.1, -0.05) is 0 Å². The molecule has 4 N–H and O–H groups in total. The molecule has 3 aromatic heterocycles. The Labute approximate surface area is 198 Å². The molecule has 170 valence electrons. The van der Waals surface area contributed by atoms with E-state index < -0.39 is 12.2 Å². The van der Waals surface area contributed by atoms with Crippen LogP contribution in [-0.4, -0.2) is 45.2 Å². The van der Waals surface area contributed by atoms with Crippen LogP contribution in [-0.2, 0) is 4.74 Å². The molecule has 11 heteroatoms. The molecule has 9 nitrogen and oxygen atoms in total. The maximum Gasteiger partial charge on any atom is 0.343 e. The molecular formula is C22H21ClN6O3S. The predicted molar refractivity (Wildman–Crippen MR) is 129 cm³/mol. The van der Waals surface area contributed by atoms with Crippen LogP contribution in [0.2, 0.25) is 5.28 Å². The summed E-state index contributed by atoms with van der Waals surface area (Å²) in [5.74, 6) is 0.162. The van der Waals surface area contributed by atoms with E-state index in [1.807, 2.05) is 31.2 Å². The van der Waals surface area contributed by atoms with Gasteiger partial charge in [0.05, 0.1) is 22.7 Å². The lowest BCUT2D eigenvalue weighted by molar-refractivity contribution is 0.0526. The summed E-state index contributed by atoms with van der Waals surface area (Å²) in [6, 6.07) is 7.83. The second-order valence-corrected chi connectivity index (χ2v) is 9.06. The highest BCUT2D eigenvalue weighted by Crippen LogP contribution is 2.43. The number of aromatic nitrogens is 3. The van der Waals surface area contributed by atoms with E-state index in [-0.39, 0.29) is 29.3 Å². The van der Waals surface area contributed by atoms with Gasteiger partial charge in [0.25, 0.3) is 0 Å². The van der Waals surface area contributed by atoms with E-state index in [2.05, 4.69) is 25.9 Å². The second-order valence-electron chi connectivity index (χ2n) is 7.64. The van der Waals surface area contributed by atoms with Crippen LogP contribution in [0.5, 0.6) is 0 Å². The Kier molecular flexibility index (Phi) is 5.75. The summed E-state index contributed by atoms with van der Waals surface area (Å²) < 4.78 is 6.14. The van der Waals surface area contributed by atoms with Gasteiger partial charge in [0.1, 0.15) is 17.6 Å². The van der Waals surface area contributed by atoms with E-state index in [1.165, 1.54) is 6.20 Å². The fraction of sp³-hybridized carbons (Fsp3) is 0.273. The first-order valence-electron chi connectivity index (χ1n) is 10.5. The summed E-state index contributed by atoms with van der Waals surface area (Å²) in [6.07, 6.45) is 0.600. The van der Waals surface area contributed by atoms with Crippen molar-refractivity contribution in [2.75, 3.05) is 23.8 Å². The largest absolute Gasteiger partial charge is 0.462 e. The molecule has 1 aliphatic rings. The molecule has 2 atom stereocenters. The fourth-order valence-corrected chi connectivity index (χ4v) is 5.13. The number of nitrogens with zero attached hydrogens (tertiary/aromatic N) is 3. The van der Waals surface area contributed by atoms with Crippen molar-refractivity contribution in [3.63, 3.8) is 0 Å².